The highest BCUT2D eigenvalue weighted by atomic mass is 16.1. The predicted octanol–water partition coefficient (Wildman–Crippen LogP) is 2.56. The number of rotatable bonds is 5. The first-order chi connectivity index (χ1) is 10.1. The largest absolute Gasteiger partial charge is 0.352 e. The van der Waals surface area contributed by atoms with Crippen LogP contribution in [0.1, 0.15) is 27.0 Å². The number of carbonyl (C=O) groups is 1. The molecular weight excluding hydrogens is 262 g/mol. The van der Waals surface area contributed by atoms with E-state index in [1.54, 1.807) is 0 Å². The molecule has 0 aromatic heterocycles. The Morgan fingerprint density at radius 1 is 1.14 bits per heavy atom. The van der Waals surface area contributed by atoms with Crippen molar-refractivity contribution in [2.24, 2.45) is 5.84 Å². The van der Waals surface area contributed by atoms with Gasteiger partial charge in [0, 0.05) is 6.54 Å². The van der Waals surface area contributed by atoms with Crippen LogP contribution in [0.5, 0.6) is 0 Å². The number of anilines is 1. The molecule has 0 saturated heterocycles. The zero-order valence-corrected chi connectivity index (χ0v) is 12.4. The van der Waals surface area contributed by atoms with Crippen molar-refractivity contribution in [3.63, 3.8) is 0 Å². The van der Waals surface area contributed by atoms with Crippen molar-refractivity contribution >= 4 is 11.6 Å². The lowest BCUT2D eigenvalue weighted by Gasteiger charge is -2.11. The maximum absolute atomic E-state index is 12.2. The second-order valence-electron chi connectivity index (χ2n) is 5.13. The van der Waals surface area contributed by atoms with Crippen molar-refractivity contribution in [3.8, 4) is 0 Å². The zero-order chi connectivity index (χ0) is 15.2. The molecule has 0 saturated carbocycles. The average Bonchev–Trinajstić information content (AvgIpc) is 2.49. The van der Waals surface area contributed by atoms with Crippen LogP contribution in [0.25, 0.3) is 0 Å². The molecule has 110 valence electrons. The Morgan fingerprint density at radius 3 is 2.62 bits per heavy atom. The summed E-state index contributed by atoms with van der Waals surface area (Å²) in [5.74, 6) is 5.34. The summed E-state index contributed by atoms with van der Waals surface area (Å²) in [6, 6.07) is 13.8. The van der Waals surface area contributed by atoms with Gasteiger partial charge in [-0.2, -0.15) is 0 Å². The van der Waals surface area contributed by atoms with E-state index in [0.29, 0.717) is 17.8 Å². The van der Waals surface area contributed by atoms with Crippen LogP contribution in [0.15, 0.2) is 42.5 Å². The second-order valence-corrected chi connectivity index (χ2v) is 5.13. The third kappa shape index (κ3) is 3.83. The van der Waals surface area contributed by atoms with Gasteiger partial charge >= 0.3 is 0 Å². The lowest BCUT2D eigenvalue weighted by atomic mass is 10.1. The number of benzene rings is 2. The molecule has 0 heterocycles. The summed E-state index contributed by atoms with van der Waals surface area (Å²) in [6.07, 6.45) is 0.815. The van der Waals surface area contributed by atoms with Gasteiger partial charge in [-0.15, -0.1) is 0 Å². The Kier molecular flexibility index (Phi) is 4.95. The molecule has 2 rings (SSSR count). The van der Waals surface area contributed by atoms with Crippen LogP contribution < -0.4 is 16.6 Å². The number of nitrogens with one attached hydrogen (secondary N) is 2. The van der Waals surface area contributed by atoms with Gasteiger partial charge in [0.1, 0.15) is 0 Å². The Labute approximate surface area is 125 Å². The van der Waals surface area contributed by atoms with Crippen LogP contribution >= 0.6 is 0 Å². The van der Waals surface area contributed by atoms with E-state index in [1.165, 1.54) is 11.1 Å². The van der Waals surface area contributed by atoms with E-state index in [0.717, 1.165) is 12.0 Å². The molecule has 0 spiro atoms. The summed E-state index contributed by atoms with van der Waals surface area (Å²) >= 11 is 0. The van der Waals surface area contributed by atoms with E-state index in [-0.39, 0.29) is 5.91 Å². The Bertz CT molecular complexity index is 638. The van der Waals surface area contributed by atoms with Crippen LogP contribution in [-0.4, -0.2) is 12.5 Å². The van der Waals surface area contributed by atoms with Crippen LogP contribution in [0.3, 0.4) is 0 Å². The topological polar surface area (TPSA) is 67.1 Å². The zero-order valence-electron chi connectivity index (χ0n) is 12.4. The Morgan fingerprint density at radius 2 is 1.90 bits per heavy atom. The summed E-state index contributed by atoms with van der Waals surface area (Å²) in [5.41, 5.74) is 7.28. The Hall–Kier alpha value is -2.33. The monoisotopic (exact) mass is 283 g/mol. The molecule has 0 radical (unpaired) electrons. The number of nitrogen functional groups attached to an aromatic ring is 1. The molecule has 0 aliphatic rings. The molecule has 4 nitrogen and oxygen atoms in total. The van der Waals surface area contributed by atoms with E-state index in [9.17, 15) is 4.79 Å². The minimum absolute atomic E-state index is 0.111. The number of carbonyl (C=O) groups excluding carboxylic acids is 1. The normalized spacial score (nSPS) is 10.2. The van der Waals surface area contributed by atoms with Crippen molar-refractivity contribution in [1.82, 2.24) is 5.32 Å². The molecule has 0 atom stereocenters. The molecule has 0 bridgehead atoms. The number of hydrogen-bond donors (Lipinski definition) is 3. The highest BCUT2D eigenvalue weighted by Crippen LogP contribution is 2.16. The van der Waals surface area contributed by atoms with Crippen molar-refractivity contribution in [2.75, 3.05) is 12.0 Å². The van der Waals surface area contributed by atoms with Gasteiger partial charge in [0.25, 0.3) is 5.91 Å². The molecule has 1 amide bonds. The van der Waals surface area contributed by atoms with Crippen molar-refractivity contribution in [2.45, 2.75) is 20.3 Å². The highest BCUT2D eigenvalue weighted by molar-refractivity contribution is 5.99. The van der Waals surface area contributed by atoms with E-state index in [4.69, 9.17) is 5.84 Å². The molecule has 21 heavy (non-hydrogen) atoms. The average molecular weight is 283 g/mol. The second kappa shape index (κ2) is 6.90. The highest BCUT2D eigenvalue weighted by Gasteiger charge is 2.10. The van der Waals surface area contributed by atoms with Crippen molar-refractivity contribution in [1.29, 1.82) is 0 Å². The van der Waals surface area contributed by atoms with Gasteiger partial charge in [0.15, 0.2) is 0 Å². The molecule has 0 aliphatic heterocycles. The van der Waals surface area contributed by atoms with Gasteiger partial charge in [0.05, 0.1) is 11.3 Å². The van der Waals surface area contributed by atoms with Gasteiger partial charge in [-0.1, -0.05) is 35.9 Å². The van der Waals surface area contributed by atoms with Crippen LogP contribution in [-0.2, 0) is 6.42 Å². The quantitative estimate of drug-likeness (QED) is 0.583. The van der Waals surface area contributed by atoms with Crippen molar-refractivity contribution in [3.05, 3.63) is 64.7 Å². The first-order valence-corrected chi connectivity index (χ1v) is 7.02. The summed E-state index contributed by atoms with van der Waals surface area (Å²) < 4.78 is 0. The van der Waals surface area contributed by atoms with Crippen molar-refractivity contribution < 1.29 is 4.79 Å². The summed E-state index contributed by atoms with van der Waals surface area (Å²) in [4.78, 5) is 12.2. The van der Waals surface area contributed by atoms with Gasteiger partial charge in [-0.25, -0.2) is 0 Å². The number of amides is 1. The van der Waals surface area contributed by atoms with Crippen LogP contribution in [0.4, 0.5) is 5.69 Å². The lowest BCUT2D eigenvalue weighted by molar-refractivity contribution is 0.0955. The summed E-state index contributed by atoms with van der Waals surface area (Å²) in [6.45, 7) is 4.63. The van der Waals surface area contributed by atoms with Gasteiger partial charge in [0.2, 0.25) is 0 Å². The molecule has 0 aliphatic carbocycles. The molecule has 0 fully saturated rings. The fraction of sp³-hybridized carbons (Fsp3) is 0.235. The van der Waals surface area contributed by atoms with E-state index >= 15 is 0 Å². The van der Waals surface area contributed by atoms with Gasteiger partial charge in [-0.3, -0.25) is 10.6 Å². The van der Waals surface area contributed by atoms with Gasteiger partial charge in [-0.05, 0) is 43.5 Å². The maximum atomic E-state index is 12.2. The third-order valence-electron chi connectivity index (χ3n) is 3.52. The maximum Gasteiger partial charge on any atom is 0.253 e. The fourth-order valence-electron chi connectivity index (χ4n) is 2.27. The smallest absolute Gasteiger partial charge is 0.253 e. The molecule has 4 N–H and O–H groups in total. The third-order valence-corrected chi connectivity index (χ3v) is 3.52. The molecule has 2 aromatic rings. The minimum Gasteiger partial charge on any atom is -0.352 e. The summed E-state index contributed by atoms with van der Waals surface area (Å²) in [5, 5.41) is 2.94. The first-order valence-electron chi connectivity index (χ1n) is 7.02. The van der Waals surface area contributed by atoms with E-state index in [2.05, 4.69) is 29.8 Å². The summed E-state index contributed by atoms with van der Waals surface area (Å²) in [7, 11) is 0. The molecule has 0 unspecified atom stereocenters. The molecule has 2 aromatic carbocycles. The van der Waals surface area contributed by atoms with E-state index < -0.39 is 0 Å². The van der Waals surface area contributed by atoms with Crippen LogP contribution in [0, 0.1) is 13.8 Å². The van der Waals surface area contributed by atoms with E-state index in [1.807, 2.05) is 37.3 Å². The molecule has 4 heteroatoms. The first kappa shape index (κ1) is 15.1. The SMILES string of the molecule is Cc1ccc(NN)c(C(=O)NCCc2ccccc2C)c1. The lowest BCUT2D eigenvalue weighted by Crippen LogP contribution is -2.27. The number of nitrogens with two attached hydrogens (primary N) is 1. The molecular formula is C17H21N3O. The van der Waals surface area contributed by atoms with Crippen LogP contribution in [0.2, 0.25) is 0 Å². The fourth-order valence-corrected chi connectivity index (χ4v) is 2.27. The Balaban J connectivity index is 1.99. The number of hydrogen-bond acceptors (Lipinski definition) is 3. The van der Waals surface area contributed by atoms with Gasteiger partial charge < -0.3 is 10.7 Å². The predicted molar refractivity (Wildman–Crippen MR) is 86.2 cm³/mol. The number of aryl methyl sites for hydroxylation is 2. The standard InChI is InChI=1S/C17H21N3O/c1-12-7-8-16(20-18)15(11-12)17(21)19-10-9-14-6-4-3-5-13(14)2/h3-8,11,20H,9-10,18H2,1-2H3,(H,19,21). The minimum atomic E-state index is -0.111. The number of hydrazine groups is 1.